The molecule has 19 heavy (non-hydrogen) atoms. The number of hydrogen-bond acceptors (Lipinski definition) is 5. The van der Waals surface area contributed by atoms with Crippen LogP contribution in [-0.2, 0) is 13.6 Å². The first-order valence-corrected chi connectivity index (χ1v) is 6.06. The monoisotopic (exact) mass is 260 g/mol. The Kier molecular flexibility index (Phi) is 2.70. The third-order valence-corrected chi connectivity index (χ3v) is 3.17. The smallest absolute Gasteiger partial charge is 0.231 e. The molecule has 0 bridgehead atoms. The van der Waals surface area contributed by atoms with Gasteiger partial charge in [-0.25, -0.2) is 0 Å². The topological polar surface area (TPSA) is 74.3 Å². The Morgan fingerprint density at radius 3 is 2.89 bits per heavy atom. The molecule has 0 fully saturated rings. The Morgan fingerprint density at radius 2 is 2.16 bits per heavy atom. The van der Waals surface area contributed by atoms with E-state index in [4.69, 9.17) is 15.2 Å². The van der Waals surface area contributed by atoms with E-state index >= 15 is 0 Å². The second-order valence-corrected chi connectivity index (χ2v) is 4.51. The molecule has 0 amide bonds. The van der Waals surface area contributed by atoms with Crippen molar-refractivity contribution in [3.05, 3.63) is 29.5 Å². The lowest BCUT2D eigenvalue weighted by atomic mass is 10.2. The van der Waals surface area contributed by atoms with E-state index in [1.807, 2.05) is 32.2 Å². The Balaban J connectivity index is 1.76. The minimum atomic E-state index is 0.292. The van der Waals surface area contributed by atoms with Crippen LogP contribution in [0.3, 0.4) is 0 Å². The van der Waals surface area contributed by atoms with Gasteiger partial charge in [0.15, 0.2) is 11.5 Å². The van der Waals surface area contributed by atoms with Gasteiger partial charge in [0.25, 0.3) is 0 Å². The summed E-state index contributed by atoms with van der Waals surface area (Å²) >= 11 is 0. The van der Waals surface area contributed by atoms with Crippen molar-refractivity contribution in [1.82, 2.24) is 9.78 Å². The first-order valence-electron chi connectivity index (χ1n) is 6.06. The second kappa shape index (κ2) is 4.38. The second-order valence-electron chi connectivity index (χ2n) is 4.51. The third kappa shape index (κ3) is 2.05. The van der Waals surface area contributed by atoms with E-state index in [1.165, 1.54) is 0 Å². The zero-order valence-corrected chi connectivity index (χ0v) is 10.9. The van der Waals surface area contributed by atoms with Crippen LogP contribution in [0, 0.1) is 6.92 Å². The highest BCUT2D eigenvalue weighted by Crippen LogP contribution is 2.32. The first-order chi connectivity index (χ1) is 9.15. The van der Waals surface area contributed by atoms with Gasteiger partial charge in [-0.15, -0.1) is 0 Å². The number of ether oxygens (including phenoxy) is 2. The quantitative estimate of drug-likeness (QED) is 0.877. The molecule has 2 heterocycles. The maximum atomic E-state index is 5.97. The lowest BCUT2D eigenvalue weighted by molar-refractivity contribution is 0.174. The SMILES string of the molecule is Cc1nn(C)c(NCc2ccc3c(c2)OCO3)c1N. The van der Waals surface area contributed by atoms with Crippen LogP contribution in [0.25, 0.3) is 0 Å². The summed E-state index contributed by atoms with van der Waals surface area (Å²) in [6.45, 7) is 2.83. The third-order valence-electron chi connectivity index (χ3n) is 3.17. The maximum absolute atomic E-state index is 5.97. The Hall–Kier alpha value is -2.37. The molecule has 0 saturated carbocycles. The lowest BCUT2D eigenvalue weighted by Gasteiger charge is -2.08. The summed E-state index contributed by atoms with van der Waals surface area (Å²) < 4.78 is 12.4. The summed E-state index contributed by atoms with van der Waals surface area (Å²) in [5, 5.41) is 7.55. The van der Waals surface area contributed by atoms with Gasteiger partial charge in [0.05, 0.1) is 11.4 Å². The minimum absolute atomic E-state index is 0.292. The number of rotatable bonds is 3. The molecule has 3 N–H and O–H groups in total. The van der Waals surface area contributed by atoms with E-state index in [-0.39, 0.29) is 0 Å². The summed E-state index contributed by atoms with van der Waals surface area (Å²) in [6, 6.07) is 5.88. The fraction of sp³-hybridized carbons (Fsp3) is 0.308. The normalized spacial score (nSPS) is 12.7. The highest BCUT2D eigenvalue weighted by atomic mass is 16.7. The van der Waals surface area contributed by atoms with Crippen LogP contribution < -0.4 is 20.5 Å². The van der Waals surface area contributed by atoms with Crippen LogP contribution in [0.2, 0.25) is 0 Å². The molecule has 0 unspecified atom stereocenters. The summed E-state index contributed by atoms with van der Waals surface area (Å²) in [7, 11) is 1.87. The number of nitrogens with two attached hydrogens (primary N) is 1. The van der Waals surface area contributed by atoms with E-state index < -0.39 is 0 Å². The van der Waals surface area contributed by atoms with Crippen molar-refractivity contribution in [3.63, 3.8) is 0 Å². The van der Waals surface area contributed by atoms with Crippen molar-refractivity contribution in [2.75, 3.05) is 17.8 Å². The predicted molar refractivity (Wildman–Crippen MR) is 72.2 cm³/mol. The summed E-state index contributed by atoms with van der Waals surface area (Å²) in [5.41, 5.74) is 8.58. The van der Waals surface area contributed by atoms with Crippen molar-refractivity contribution in [2.24, 2.45) is 7.05 Å². The van der Waals surface area contributed by atoms with Gasteiger partial charge in [-0.3, -0.25) is 4.68 Å². The number of hydrogen-bond donors (Lipinski definition) is 2. The lowest BCUT2D eigenvalue weighted by Crippen LogP contribution is -2.06. The van der Waals surface area contributed by atoms with Gasteiger partial charge in [-0.2, -0.15) is 5.10 Å². The van der Waals surface area contributed by atoms with Crippen LogP contribution in [0.1, 0.15) is 11.3 Å². The molecule has 3 rings (SSSR count). The summed E-state index contributed by atoms with van der Waals surface area (Å²) in [4.78, 5) is 0. The molecule has 1 aromatic carbocycles. The molecule has 0 spiro atoms. The van der Waals surface area contributed by atoms with Crippen LogP contribution in [0.4, 0.5) is 11.5 Å². The molecule has 0 radical (unpaired) electrons. The van der Waals surface area contributed by atoms with Gasteiger partial charge in [0, 0.05) is 13.6 Å². The van der Waals surface area contributed by atoms with Crippen LogP contribution >= 0.6 is 0 Å². The highest BCUT2D eigenvalue weighted by molar-refractivity contribution is 5.64. The molecule has 0 saturated heterocycles. The molecular weight excluding hydrogens is 244 g/mol. The van der Waals surface area contributed by atoms with Gasteiger partial charge < -0.3 is 20.5 Å². The zero-order valence-electron chi connectivity index (χ0n) is 10.9. The van der Waals surface area contributed by atoms with Gasteiger partial charge in [0.1, 0.15) is 5.82 Å². The fourth-order valence-corrected chi connectivity index (χ4v) is 2.12. The predicted octanol–water partition coefficient (Wildman–Crippen LogP) is 1.65. The van der Waals surface area contributed by atoms with Crippen LogP contribution in [0.15, 0.2) is 18.2 Å². The number of nitrogens with zero attached hydrogens (tertiary/aromatic N) is 2. The van der Waals surface area contributed by atoms with Gasteiger partial charge in [0.2, 0.25) is 6.79 Å². The van der Waals surface area contributed by atoms with Crippen molar-refractivity contribution < 1.29 is 9.47 Å². The maximum Gasteiger partial charge on any atom is 0.231 e. The van der Waals surface area contributed by atoms with E-state index in [2.05, 4.69) is 10.4 Å². The Labute approximate surface area is 111 Å². The van der Waals surface area contributed by atoms with Gasteiger partial charge in [-0.05, 0) is 24.6 Å². The molecule has 100 valence electrons. The average molecular weight is 260 g/mol. The van der Waals surface area contributed by atoms with E-state index in [9.17, 15) is 0 Å². The number of fused-ring (bicyclic) bond motifs is 1. The molecular formula is C13H16N4O2. The molecule has 1 aliphatic heterocycles. The molecule has 0 atom stereocenters. The summed E-state index contributed by atoms with van der Waals surface area (Å²) in [6.07, 6.45) is 0. The number of benzene rings is 1. The van der Waals surface area contributed by atoms with E-state index in [0.29, 0.717) is 19.0 Å². The molecule has 0 aliphatic carbocycles. The molecule has 1 aliphatic rings. The molecule has 1 aromatic heterocycles. The van der Waals surface area contributed by atoms with E-state index in [0.717, 1.165) is 28.6 Å². The molecule has 6 heteroatoms. The fourth-order valence-electron chi connectivity index (χ4n) is 2.12. The van der Waals surface area contributed by atoms with Gasteiger partial charge >= 0.3 is 0 Å². The number of aryl methyl sites for hydroxylation is 2. The Morgan fingerprint density at radius 1 is 1.37 bits per heavy atom. The zero-order chi connectivity index (χ0) is 13.4. The van der Waals surface area contributed by atoms with Crippen molar-refractivity contribution in [3.8, 4) is 11.5 Å². The van der Waals surface area contributed by atoms with Crippen molar-refractivity contribution in [1.29, 1.82) is 0 Å². The highest BCUT2D eigenvalue weighted by Gasteiger charge is 2.14. The van der Waals surface area contributed by atoms with Crippen molar-refractivity contribution >= 4 is 11.5 Å². The van der Waals surface area contributed by atoms with E-state index in [1.54, 1.807) is 4.68 Å². The van der Waals surface area contributed by atoms with Crippen LogP contribution in [-0.4, -0.2) is 16.6 Å². The molecule has 2 aromatic rings. The van der Waals surface area contributed by atoms with Gasteiger partial charge in [-0.1, -0.05) is 6.07 Å². The average Bonchev–Trinajstić information content (AvgIpc) is 2.94. The van der Waals surface area contributed by atoms with Crippen LogP contribution in [0.5, 0.6) is 11.5 Å². The first kappa shape index (κ1) is 11.7. The number of nitrogens with one attached hydrogen (secondary N) is 1. The number of nitrogen functional groups attached to an aromatic ring is 1. The molecule has 6 nitrogen and oxygen atoms in total. The number of anilines is 2. The largest absolute Gasteiger partial charge is 0.454 e. The standard InChI is InChI=1S/C13H16N4O2/c1-8-12(14)13(17(2)16-8)15-6-9-3-4-10-11(5-9)19-7-18-10/h3-5,15H,6-7,14H2,1-2H3. The summed E-state index contributed by atoms with van der Waals surface area (Å²) in [5.74, 6) is 2.41. The minimum Gasteiger partial charge on any atom is -0.454 e. The number of aromatic nitrogens is 2. The Bertz CT molecular complexity index is 621. The van der Waals surface area contributed by atoms with Crippen molar-refractivity contribution in [2.45, 2.75) is 13.5 Å².